The fourth-order valence-corrected chi connectivity index (χ4v) is 4.05. The molecule has 0 saturated carbocycles. The fraction of sp³-hybridized carbons (Fsp3) is 0.222. The van der Waals surface area contributed by atoms with Crippen LogP contribution in [0.5, 0.6) is 0 Å². The number of anilines is 2. The number of nitrogens with one attached hydrogen (secondary N) is 2. The van der Waals surface area contributed by atoms with Gasteiger partial charge in [0.1, 0.15) is 0 Å². The molecule has 0 aromatic heterocycles. The Morgan fingerprint density at radius 2 is 1.19 bits per heavy atom. The zero-order chi connectivity index (χ0) is 24.0. The van der Waals surface area contributed by atoms with Crippen molar-refractivity contribution in [2.24, 2.45) is 0 Å². The van der Waals surface area contributed by atoms with E-state index < -0.39 is 20.0 Å². The van der Waals surface area contributed by atoms with Crippen molar-refractivity contribution in [1.29, 1.82) is 0 Å². The van der Waals surface area contributed by atoms with E-state index in [1.807, 2.05) is 0 Å². The minimum Gasteiger partial charge on any atom is -0.295 e. The van der Waals surface area contributed by atoms with Crippen LogP contribution in [-0.4, -0.2) is 46.2 Å². The van der Waals surface area contributed by atoms with Gasteiger partial charge in [-0.15, -0.1) is 0 Å². The lowest BCUT2D eigenvalue weighted by Gasteiger charge is -2.06. The molecule has 0 saturated heterocycles. The number of hydrogen-bond donors (Lipinski definition) is 2. The molecule has 0 spiro atoms. The minimum absolute atomic E-state index is 0.158. The number of hydrogen-bond acceptors (Lipinski definition) is 6. The van der Waals surface area contributed by atoms with Crippen LogP contribution < -0.4 is 9.44 Å². The molecule has 0 aliphatic heterocycles. The van der Waals surface area contributed by atoms with Gasteiger partial charge in [-0.05, 0) is 43.3 Å². The Labute approximate surface area is 199 Å². The van der Waals surface area contributed by atoms with Gasteiger partial charge < -0.3 is 0 Å². The van der Waals surface area contributed by atoms with E-state index in [1.165, 1.54) is 43.3 Å². The molecule has 0 unspecified atom stereocenters. The van der Waals surface area contributed by atoms with Crippen LogP contribution in [-0.2, 0) is 20.0 Å². The summed E-state index contributed by atoms with van der Waals surface area (Å²) in [6, 6.07) is 8.73. The summed E-state index contributed by atoms with van der Waals surface area (Å²) in [5.74, 6) is -0.340. The maximum Gasteiger partial charge on any atom is 0.229 e. The topological polar surface area (TPSA) is 126 Å². The molecule has 170 valence electrons. The zero-order valence-corrected chi connectivity index (χ0v) is 21.3. The highest BCUT2D eigenvalue weighted by Gasteiger charge is 2.09. The summed E-state index contributed by atoms with van der Waals surface area (Å²) in [5.41, 5.74) is 1.29. The summed E-state index contributed by atoms with van der Waals surface area (Å²) in [7, 11) is -6.73. The van der Waals surface area contributed by atoms with Gasteiger partial charge in [0.2, 0.25) is 20.0 Å². The molecule has 2 aromatic carbocycles. The molecule has 0 aliphatic rings. The van der Waals surface area contributed by atoms with Crippen LogP contribution >= 0.6 is 39.1 Å². The first-order chi connectivity index (χ1) is 14.1. The lowest BCUT2D eigenvalue weighted by Crippen LogP contribution is -2.10. The van der Waals surface area contributed by atoms with Crippen molar-refractivity contribution in [3.63, 3.8) is 0 Å². The number of carbonyl (C=O) groups is 2. The van der Waals surface area contributed by atoms with Crippen molar-refractivity contribution in [2.75, 3.05) is 27.3 Å². The van der Waals surface area contributed by atoms with Crippen molar-refractivity contribution >= 4 is 82.1 Å². The van der Waals surface area contributed by atoms with Gasteiger partial charge in [0, 0.05) is 21.2 Å². The Balaban J connectivity index is 0.000000311. The number of benzene rings is 2. The van der Waals surface area contributed by atoms with Gasteiger partial charge >= 0.3 is 0 Å². The third-order valence-electron chi connectivity index (χ3n) is 3.25. The third-order valence-corrected chi connectivity index (χ3v) is 5.41. The molecule has 13 heteroatoms. The summed E-state index contributed by atoms with van der Waals surface area (Å²) >= 11 is 14.5. The van der Waals surface area contributed by atoms with Crippen molar-refractivity contribution in [1.82, 2.24) is 0 Å². The number of sulfonamides is 2. The lowest BCUT2D eigenvalue weighted by atomic mass is 10.1. The summed E-state index contributed by atoms with van der Waals surface area (Å²) < 4.78 is 48.5. The highest BCUT2D eigenvalue weighted by atomic mass is 79.9. The largest absolute Gasteiger partial charge is 0.295 e. The second-order valence-electron chi connectivity index (χ2n) is 6.32. The maximum atomic E-state index is 11.4. The standard InChI is InChI=1S/C9H9BrClNO3S.C9H10ClNO3S/c1-16(14,15)12-8-3-6(9(13)5-10)2-7(11)4-8;1-6(12)7-3-8(10)5-9(4-7)11-15(2,13)14/h2-4,12H,5H2,1H3;3-5,11H,1-2H3. The van der Waals surface area contributed by atoms with E-state index in [1.54, 1.807) is 0 Å². The van der Waals surface area contributed by atoms with Crippen LogP contribution in [0.25, 0.3) is 0 Å². The van der Waals surface area contributed by atoms with E-state index in [4.69, 9.17) is 23.2 Å². The summed E-state index contributed by atoms with van der Waals surface area (Å²) in [6.45, 7) is 1.38. The summed E-state index contributed by atoms with van der Waals surface area (Å²) in [5, 5.41) is 0.776. The van der Waals surface area contributed by atoms with Crippen LogP contribution in [0.1, 0.15) is 27.6 Å². The lowest BCUT2D eigenvalue weighted by molar-refractivity contribution is 0.101. The molecular weight excluding hydrogens is 555 g/mol. The molecule has 0 aliphatic carbocycles. The van der Waals surface area contributed by atoms with Gasteiger partial charge in [-0.3, -0.25) is 19.0 Å². The third kappa shape index (κ3) is 11.0. The van der Waals surface area contributed by atoms with Crippen molar-refractivity contribution in [3.05, 3.63) is 57.6 Å². The predicted molar refractivity (Wildman–Crippen MR) is 128 cm³/mol. The zero-order valence-electron chi connectivity index (χ0n) is 16.6. The molecule has 0 heterocycles. The minimum atomic E-state index is -3.37. The number of alkyl halides is 1. The second-order valence-corrected chi connectivity index (χ2v) is 11.2. The average molecular weight is 574 g/mol. The molecule has 0 bridgehead atoms. The fourth-order valence-electron chi connectivity index (χ4n) is 2.17. The second kappa shape index (κ2) is 11.3. The summed E-state index contributed by atoms with van der Waals surface area (Å²) in [4.78, 5) is 22.5. The van der Waals surface area contributed by atoms with E-state index >= 15 is 0 Å². The van der Waals surface area contributed by atoms with E-state index in [9.17, 15) is 26.4 Å². The highest BCUT2D eigenvalue weighted by Crippen LogP contribution is 2.21. The van der Waals surface area contributed by atoms with Crippen LogP contribution in [0, 0.1) is 0 Å². The van der Waals surface area contributed by atoms with Crippen LogP contribution in [0.2, 0.25) is 10.0 Å². The van der Waals surface area contributed by atoms with E-state index in [-0.39, 0.29) is 28.3 Å². The van der Waals surface area contributed by atoms with Gasteiger partial charge in [0.05, 0.1) is 29.2 Å². The molecule has 2 rings (SSSR count). The van der Waals surface area contributed by atoms with Gasteiger partial charge in [0.25, 0.3) is 0 Å². The molecule has 0 radical (unpaired) electrons. The van der Waals surface area contributed by atoms with E-state index in [0.717, 1.165) is 12.5 Å². The normalized spacial score (nSPS) is 11.2. The number of Topliss-reactive ketones (excluding diaryl/α,β-unsaturated/α-hetero) is 2. The van der Waals surface area contributed by atoms with Crippen LogP contribution in [0.4, 0.5) is 11.4 Å². The Kier molecular flexibility index (Phi) is 9.96. The quantitative estimate of drug-likeness (QED) is 0.377. The maximum absolute atomic E-state index is 11.4. The molecule has 0 fully saturated rings. The predicted octanol–water partition coefficient (Wildman–Crippen LogP) is 4.20. The number of ketones is 2. The highest BCUT2D eigenvalue weighted by molar-refractivity contribution is 9.09. The van der Waals surface area contributed by atoms with E-state index in [0.29, 0.717) is 21.2 Å². The Morgan fingerprint density at radius 3 is 1.55 bits per heavy atom. The molecule has 0 amide bonds. The number of rotatable bonds is 7. The molecule has 2 N–H and O–H groups in total. The van der Waals surface area contributed by atoms with Crippen molar-refractivity contribution in [3.8, 4) is 0 Å². The SMILES string of the molecule is CC(=O)c1cc(Cl)cc(NS(C)(=O)=O)c1.CS(=O)(=O)Nc1cc(Cl)cc(C(=O)CBr)c1. The molecular formula is C18H19BrCl2N2O6S2. The first kappa shape index (κ1) is 27.4. The average Bonchev–Trinajstić information content (AvgIpc) is 2.57. The van der Waals surface area contributed by atoms with Gasteiger partial charge in [-0.25, -0.2) is 16.8 Å². The molecule has 0 atom stereocenters. The Bertz CT molecular complexity index is 1200. The molecule has 2 aromatic rings. The monoisotopic (exact) mass is 572 g/mol. The number of halogens is 3. The first-order valence-corrected chi connectivity index (χ1v) is 13.9. The van der Waals surface area contributed by atoms with Crippen LogP contribution in [0.3, 0.4) is 0 Å². The van der Waals surface area contributed by atoms with E-state index in [2.05, 4.69) is 25.4 Å². The van der Waals surface area contributed by atoms with Gasteiger partial charge in [-0.1, -0.05) is 39.1 Å². The molecule has 31 heavy (non-hydrogen) atoms. The smallest absolute Gasteiger partial charge is 0.229 e. The van der Waals surface area contributed by atoms with Crippen molar-refractivity contribution < 1.29 is 26.4 Å². The van der Waals surface area contributed by atoms with Crippen molar-refractivity contribution in [2.45, 2.75) is 6.92 Å². The first-order valence-electron chi connectivity index (χ1n) is 8.26. The summed E-state index contributed by atoms with van der Waals surface area (Å²) in [6.07, 6.45) is 2.06. The van der Waals surface area contributed by atoms with Crippen LogP contribution in [0.15, 0.2) is 36.4 Å². The number of carbonyl (C=O) groups excluding carboxylic acids is 2. The van der Waals surface area contributed by atoms with Gasteiger partial charge in [-0.2, -0.15) is 0 Å². The Hall–Kier alpha value is -1.66. The molecule has 8 nitrogen and oxygen atoms in total. The Morgan fingerprint density at radius 1 is 0.806 bits per heavy atom. The van der Waals surface area contributed by atoms with Gasteiger partial charge in [0.15, 0.2) is 11.6 Å².